The molecule has 0 bridgehead atoms. The smallest absolute Gasteiger partial charge is 0.0320 e. The molecule has 0 aliphatic rings. The third-order valence-electron chi connectivity index (χ3n) is 3.63. The van der Waals surface area contributed by atoms with Gasteiger partial charge in [0.05, 0.1) is 0 Å². The molecule has 0 aromatic heterocycles. The zero-order valence-electron chi connectivity index (χ0n) is 11.1. The Morgan fingerprint density at radius 2 is 1.69 bits per heavy atom. The van der Waals surface area contributed by atoms with Crippen molar-refractivity contribution in [1.82, 2.24) is 0 Å². The van der Waals surface area contributed by atoms with Crippen LogP contribution in [0.4, 0.5) is 0 Å². The van der Waals surface area contributed by atoms with E-state index in [0.717, 1.165) is 19.3 Å². The Bertz CT molecular complexity index is 330. The van der Waals surface area contributed by atoms with E-state index >= 15 is 0 Å². The summed E-state index contributed by atoms with van der Waals surface area (Å²) in [7, 11) is 0. The van der Waals surface area contributed by atoms with Crippen LogP contribution in [0.1, 0.15) is 56.8 Å². The molecule has 2 unspecified atom stereocenters. The molecule has 1 aromatic carbocycles. The molecule has 1 aromatic rings. The van der Waals surface area contributed by atoms with Gasteiger partial charge in [-0.2, -0.15) is 0 Å². The van der Waals surface area contributed by atoms with E-state index in [0.29, 0.717) is 5.92 Å². The Morgan fingerprint density at radius 1 is 1.06 bits per heavy atom. The summed E-state index contributed by atoms with van der Waals surface area (Å²) in [5.74, 6) is 0.553. The number of hydrogen-bond donors (Lipinski definition) is 1. The fourth-order valence-electron chi connectivity index (χ4n) is 2.11. The summed E-state index contributed by atoms with van der Waals surface area (Å²) < 4.78 is 0. The fourth-order valence-corrected chi connectivity index (χ4v) is 2.11. The van der Waals surface area contributed by atoms with Crippen LogP contribution >= 0.6 is 0 Å². The standard InChI is InChI=1S/C15H25N/c1-5-11(4)15(16)14-9-8-12(6-2)13(7-3)10-14/h8-11,15H,5-7,16H2,1-4H3. The van der Waals surface area contributed by atoms with E-state index < -0.39 is 0 Å². The first kappa shape index (κ1) is 13.2. The van der Waals surface area contributed by atoms with Crippen molar-refractivity contribution < 1.29 is 0 Å². The van der Waals surface area contributed by atoms with E-state index in [1.807, 2.05) is 0 Å². The highest BCUT2D eigenvalue weighted by Gasteiger charge is 2.13. The molecule has 0 aliphatic carbocycles. The van der Waals surface area contributed by atoms with Crippen LogP contribution < -0.4 is 5.73 Å². The summed E-state index contributed by atoms with van der Waals surface area (Å²) in [6, 6.07) is 6.93. The van der Waals surface area contributed by atoms with Crippen LogP contribution in [0.15, 0.2) is 18.2 Å². The van der Waals surface area contributed by atoms with Gasteiger partial charge in [-0.15, -0.1) is 0 Å². The van der Waals surface area contributed by atoms with Crippen molar-refractivity contribution in [3.63, 3.8) is 0 Å². The van der Waals surface area contributed by atoms with Gasteiger partial charge in [0.2, 0.25) is 0 Å². The van der Waals surface area contributed by atoms with Crippen LogP contribution in [-0.2, 0) is 12.8 Å². The average Bonchev–Trinajstić information content (AvgIpc) is 2.35. The maximum absolute atomic E-state index is 6.26. The Labute approximate surface area is 100 Å². The molecule has 0 aliphatic heterocycles. The first-order valence-corrected chi connectivity index (χ1v) is 6.51. The number of nitrogens with two attached hydrogens (primary N) is 1. The van der Waals surface area contributed by atoms with Crippen molar-refractivity contribution in [2.75, 3.05) is 0 Å². The Morgan fingerprint density at radius 3 is 2.19 bits per heavy atom. The quantitative estimate of drug-likeness (QED) is 0.799. The lowest BCUT2D eigenvalue weighted by Crippen LogP contribution is -2.18. The van der Waals surface area contributed by atoms with Crippen molar-refractivity contribution >= 4 is 0 Å². The highest BCUT2D eigenvalue weighted by atomic mass is 14.6. The van der Waals surface area contributed by atoms with Crippen LogP contribution in [0.5, 0.6) is 0 Å². The van der Waals surface area contributed by atoms with E-state index in [2.05, 4.69) is 45.9 Å². The van der Waals surface area contributed by atoms with Gasteiger partial charge in [-0.1, -0.05) is 52.3 Å². The summed E-state index contributed by atoms with van der Waals surface area (Å²) in [5, 5.41) is 0. The zero-order chi connectivity index (χ0) is 12.1. The van der Waals surface area contributed by atoms with E-state index in [1.165, 1.54) is 16.7 Å². The summed E-state index contributed by atoms with van der Waals surface area (Å²) in [6.07, 6.45) is 3.35. The van der Waals surface area contributed by atoms with Crippen LogP contribution in [0, 0.1) is 5.92 Å². The van der Waals surface area contributed by atoms with Crippen molar-refractivity contribution in [2.45, 2.75) is 53.0 Å². The predicted octanol–water partition coefficient (Wildman–Crippen LogP) is 3.86. The van der Waals surface area contributed by atoms with Gasteiger partial charge in [-0.05, 0) is 35.4 Å². The van der Waals surface area contributed by atoms with Crippen LogP contribution in [-0.4, -0.2) is 0 Å². The Hall–Kier alpha value is -0.820. The number of aryl methyl sites for hydroxylation is 2. The molecule has 1 nitrogen and oxygen atoms in total. The fraction of sp³-hybridized carbons (Fsp3) is 0.600. The molecule has 0 spiro atoms. The van der Waals surface area contributed by atoms with E-state index in [4.69, 9.17) is 5.73 Å². The van der Waals surface area contributed by atoms with Crippen molar-refractivity contribution in [1.29, 1.82) is 0 Å². The normalized spacial score (nSPS) is 14.8. The Balaban J connectivity index is 2.98. The molecule has 1 rings (SSSR count). The van der Waals surface area contributed by atoms with Gasteiger partial charge < -0.3 is 5.73 Å². The minimum atomic E-state index is 0.182. The molecule has 90 valence electrons. The molecule has 2 N–H and O–H groups in total. The Kier molecular flexibility index (Phi) is 5.01. The molecule has 1 heteroatoms. The number of benzene rings is 1. The van der Waals surface area contributed by atoms with Gasteiger partial charge in [0.1, 0.15) is 0 Å². The maximum Gasteiger partial charge on any atom is 0.0320 e. The maximum atomic E-state index is 6.26. The van der Waals surface area contributed by atoms with Crippen LogP contribution in [0.3, 0.4) is 0 Å². The van der Waals surface area contributed by atoms with E-state index in [-0.39, 0.29) is 6.04 Å². The molecule has 0 fully saturated rings. The third kappa shape index (κ3) is 2.85. The van der Waals surface area contributed by atoms with Crippen LogP contribution in [0.25, 0.3) is 0 Å². The summed E-state index contributed by atoms with van der Waals surface area (Å²) in [4.78, 5) is 0. The van der Waals surface area contributed by atoms with Crippen molar-refractivity contribution in [3.05, 3.63) is 34.9 Å². The minimum absolute atomic E-state index is 0.182. The SMILES string of the molecule is CCc1ccc(C(N)C(C)CC)cc1CC. The van der Waals surface area contributed by atoms with Gasteiger partial charge in [0.25, 0.3) is 0 Å². The molecule has 0 radical (unpaired) electrons. The zero-order valence-corrected chi connectivity index (χ0v) is 11.1. The lowest BCUT2D eigenvalue weighted by atomic mass is 9.90. The highest BCUT2D eigenvalue weighted by molar-refractivity contribution is 5.33. The van der Waals surface area contributed by atoms with Crippen molar-refractivity contribution in [3.8, 4) is 0 Å². The second-order valence-electron chi connectivity index (χ2n) is 4.65. The lowest BCUT2D eigenvalue weighted by Gasteiger charge is -2.20. The highest BCUT2D eigenvalue weighted by Crippen LogP contribution is 2.24. The first-order chi connectivity index (χ1) is 7.63. The van der Waals surface area contributed by atoms with Gasteiger partial charge in [-0.25, -0.2) is 0 Å². The first-order valence-electron chi connectivity index (χ1n) is 6.51. The largest absolute Gasteiger partial charge is 0.324 e. The second-order valence-corrected chi connectivity index (χ2v) is 4.65. The average molecular weight is 219 g/mol. The van der Waals surface area contributed by atoms with Gasteiger partial charge in [0.15, 0.2) is 0 Å². The molecule has 0 heterocycles. The lowest BCUT2D eigenvalue weighted by molar-refractivity contribution is 0.456. The van der Waals surface area contributed by atoms with Gasteiger partial charge in [-0.3, -0.25) is 0 Å². The molecule has 2 atom stereocenters. The molecular weight excluding hydrogens is 194 g/mol. The molecule has 0 saturated carbocycles. The third-order valence-corrected chi connectivity index (χ3v) is 3.63. The number of rotatable bonds is 5. The minimum Gasteiger partial charge on any atom is -0.324 e. The summed E-state index contributed by atoms with van der Waals surface area (Å²) >= 11 is 0. The predicted molar refractivity (Wildman–Crippen MR) is 71.6 cm³/mol. The molecule has 0 amide bonds. The van der Waals surface area contributed by atoms with Gasteiger partial charge in [0, 0.05) is 6.04 Å². The van der Waals surface area contributed by atoms with E-state index in [9.17, 15) is 0 Å². The van der Waals surface area contributed by atoms with Gasteiger partial charge >= 0.3 is 0 Å². The molecule has 0 saturated heterocycles. The second kappa shape index (κ2) is 6.05. The topological polar surface area (TPSA) is 26.0 Å². The van der Waals surface area contributed by atoms with E-state index in [1.54, 1.807) is 0 Å². The summed E-state index contributed by atoms with van der Waals surface area (Å²) in [5.41, 5.74) is 10.5. The molecular formula is C15H25N. The number of hydrogen-bond acceptors (Lipinski definition) is 1. The molecule has 16 heavy (non-hydrogen) atoms. The monoisotopic (exact) mass is 219 g/mol. The summed E-state index contributed by atoms with van der Waals surface area (Å²) in [6.45, 7) is 8.85. The van der Waals surface area contributed by atoms with Crippen molar-refractivity contribution in [2.24, 2.45) is 11.7 Å². The van der Waals surface area contributed by atoms with Crippen LogP contribution in [0.2, 0.25) is 0 Å².